The molecule has 1 N–H and O–H groups in total. The Kier molecular flexibility index (Phi) is 17.6. The fourth-order valence-corrected chi connectivity index (χ4v) is 3.48. The SMILES string of the molecule is CCCCCCCCCC(O)CC(CCCC)S(=O)(=O)[O-].[Na+]. The van der Waals surface area contributed by atoms with E-state index in [9.17, 15) is 18.1 Å². The molecule has 0 radical (unpaired) electrons. The summed E-state index contributed by atoms with van der Waals surface area (Å²) in [5.41, 5.74) is 0. The van der Waals surface area contributed by atoms with Gasteiger partial charge < -0.3 is 9.66 Å². The van der Waals surface area contributed by atoms with Crippen molar-refractivity contribution >= 4 is 10.1 Å². The molecule has 0 aliphatic rings. The maximum atomic E-state index is 11.2. The summed E-state index contributed by atoms with van der Waals surface area (Å²) in [4.78, 5) is 0. The molecule has 0 spiro atoms. The van der Waals surface area contributed by atoms with Crippen molar-refractivity contribution in [3.05, 3.63) is 0 Å². The van der Waals surface area contributed by atoms with Crippen molar-refractivity contribution in [1.82, 2.24) is 0 Å². The fourth-order valence-electron chi connectivity index (χ4n) is 2.57. The van der Waals surface area contributed by atoms with Gasteiger partial charge in [0, 0.05) is 0 Å². The van der Waals surface area contributed by atoms with E-state index in [4.69, 9.17) is 0 Å². The zero-order valence-corrected chi connectivity index (χ0v) is 17.5. The molecule has 4 nitrogen and oxygen atoms in total. The molecule has 0 aliphatic heterocycles. The minimum Gasteiger partial charge on any atom is -0.748 e. The molecule has 2 unspecified atom stereocenters. The van der Waals surface area contributed by atoms with Gasteiger partial charge in [0.05, 0.1) is 21.5 Å². The number of aliphatic hydroxyl groups excluding tert-OH is 1. The van der Waals surface area contributed by atoms with Gasteiger partial charge in [-0.3, -0.25) is 0 Å². The van der Waals surface area contributed by atoms with Crippen molar-refractivity contribution in [3.63, 3.8) is 0 Å². The van der Waals surface area contributed by atoms with Gasteiger partial charge in [-0.05, 0) is 19.3 Å². The minimum absolute atomic E-state index is 0. The average molecular weight is 344 g/mol. The van der Waals surface area contributed by atoms with Gasteiger partial charge in [0.15, 0.2) is 0 Å². The fraction of sp³-hybridized carbons (Fsp3) is 1.00. The Morgan fingerprint density at radius 2 is 1.36 bits per heavy atom. The van der Waals surface area contributed by atoms with Crippen molar-refractivity contribution in [3.8, 4) is 0 Å². The van der Waals surface area contributed by atoms with Crippen LogP contribution in [0.5, 0.6) is 0 Å². The quantitative estimate of drug-likeness (QED) is 0.290. The molecule has 0 rings (SSSR count). The van der Waals surface area contributed by atoms with Crippen molar-refractivity contribution in [2.75, 3.05) is 0 Å². The maximum absolute atomic E-state index is 11.2. The predicted molar refractivity (Wildman–Crippen MR) is 86.2 cm³/mol. The maximum Gasteiger partial charge on any atom is 1.00 e. The van der Waals surface area contributed by atoms with Gasteiger partial charge in [-0.1, -0.05) is 71.6 Å². The Hall–Kier alpha value is 0.870. The summed E-state index contributed by atoms with van der Waals surface area (Å²) in [5, 5.41) is 9.00. The van der Waals surface area contributed by atoms with Crippen LogP contribution in [-0.2, 0) is 10.1 Å². The second-order valence-electron chi connectivity index (χ2n) is 6.06. The van der Waals surface area contributed by atoms with Crippen LogP contribution in [-0.4, -0.2) is 29.4 Å². The summed E-state index contributed by atoms with van der Waals surface area (Å²) in [6.07, 6.45) is 10.2. The van der Waals surface area contributed by atoms with Crippen LogP contribution in [0.2, 0.25) is 0 Å². The molecule has 0 amide bonds. The van der Waals surface area contributed by atoms with E-state index in [2.05, 4.69) is 6.92 Å². The molecule has 0 heterocycles. The third-order valence-electron chi connectivity index (χ3n) is 3.96. The molecule has 128 valence electrons. The number of aliphatic hydroxyl groups is 1. The number of rotatable bonds is 14. The first-order chi connectivity index (χ1) is 9.91. The first kappa shape index (κ1) is 25.1. The predicted octanol–water partition coefficient (Wildman–Crippen LogP) is 0.986. The first-order valence-electron chi connectivity index (χ1n) is 8.54. The molecule has 2 atom stereocenters. The van der Waals surface area contributed by atoms with E-state index in [0.29, 0.717) is 12.8 Å². The molecule has 0 aromatic heterocycles. The van der Waals surface area contributed by atoms with Crippen molar-refractivity contribution < 1.29 is 47.6 Å². The number of hydrogen-bond acceptors (Lipinski definition) is 4. The summed E-state index contributed by atoms with van der Waals surface area (Å²) < 4.78 is 33.5. The summed E-state index contributed by atoms with van der Waals surface area (Å²) in [6, 6.07) is 0. The van der Waals surface area contributed by atoms with Crippen LogP contribution in [0.1, 0.15) is 90.9 Å². The van der Waals surface area contributed by atoms with E-state index in [1.807, 2.05) is 6.92 Å². The summed E-state index contributed by atoms with van der Waals surface area (Å²) >= 11 is 0. The zero-order chi connectivity index (χ0) is 16.1. The van der Waals surface area contributed by atoms with Gasteiger partial charge >= 0.3 is 29.6 Å². The molecule has 0 fully saturated rings. The average Bonchev–Trinajstić information content (AvgIpc) is 2.41. The Morgan fingerprint density at radius 3 is 1.86 bits per heavy atom. The van der Waals surface area contributed by atoms with E-state index in [1.54, 1.807) is 0 Å². The van der Waals surface area contributed by atoms with Crippen LogP contribution in [0, 0.1) is 0 Å². The van der Waals surface area contributed by atoms with Gasteiger partial charge in [0.1, 0.15) is 0 Å². The van der Waals surface area contributed by atoms with Crippen molar-refractivity contribution in [2.45, 2.75) is 102 Å². The van der Waals surface area contributed by atoms with Gasteiger partial charge in [-0.15, -0.1) is 0 Å². The summed E-state index contributed by atoms with van der Waals surface area (Å²) in [5.74, 6) is 0. The number of unbranched alkanes of at least 4 members (excludes halogenated alkanes) is 7. The van der Waals surface area contributed by atoms with Crippen LogP contribution < -0.4 is 29.6 Å². The van der Waals surface area contributed by atoms with Crippen LogP contribution in [0.4, 0.5) is 0 Å². The normalized spacial score (nSPS) is 14.4. The van der Waals surface area contributed by atoms with E-state index in [-0.39, 0.29) is 36.0 Å². The molecule has 0 aliphatic carbocycles. The van der Waals surface area contributed by atoms with Crippen LogP contribution >= 0.6 is 0 Å². The van der Waals surface area contributed by atoms with Crippen LogP contribution in [0.3, 0.4) is 0 Å². The van der Waals surface area contributed by atoms with Gasteiger partial charge in [-0.25, -0.2) is 8.42 Å². The summed E-state index contributed by atoms with van der Waals surface area (Å²) in [7, 11) is -4.29. The van der Waals surface area contributed by atoms with E-state index >= 15 is 0 Å². The second kappa shape index (κ2) is 15.4. The molecule has 6 heteroatoms. The molecule has 0 saturated carbocycles. The van der Waals surface area contributed by atoms with Crippen LogP contribution in [0.15, 0.2) is 0 Å². The molecule has 0 bridgehead atoms. The van der Waals surface area contributed by atoms with E-state index in [0.717, 1.165) is 25.7 Å². The smallest absolute Gasteiger partial charge is 0.748 e. The second-order valence-corrected chi connectivity index (χ2v) is 7.71. The first-order valence-corrected chi connectivity index (χ1v) is 10.0. The van der Waals surface area contributed by atoms with E-state index in [1.165, 1.54) is 32.1 Å². The van der Waals surface area contributed by atoms with Crippen LogP contribution in [0.25, 0.3) is 0 Å². The van der Waals surface area contributed by atoms with Gasteiger partial charge in [0.2, 0.25) is 0 Å². The Balaban J connectivity index is 0. The van der Waals surface area contributed by atoms with E-state index < -0.39 is 21.5 Å². The molecular formula is C16H33NaO4S. The minimum atomic E-state index is -4.29. The molecule has 22 heavy (non-hydrogen) atoms. The van der Waals surface area contributed by atoms with Crippen molar-refractivity contribution in [1.29, 1.82) is 0 Å². The third-order valence-corrected chi connectivity index (χ3v) is 5.21. The van der Waals surface area contributed by atoms with Crippen molar-refractivity contribution in [2.24, 2.45) is 0 Å². The summed E-state index contributed by atoms with van der Waals surface area (Å²) in [6.45, 7) is 4.15. The largest absolute Gasteiger partial charge is 1.00 e. The number of hydrogen-bond donors (Lipinski definition) is 1. The standard InChI is InChI=1S/C16H34O4S.Na/c1-3-5-7-8-9-10-11-12-15(17)14-16(13-6-4-2)21(18,19)20;/h15-17H,3-14H2,1-2H3,(H,18,19,20);/q;+1/p-1. The molecule has 0 aromatic carbocycles. The van der Waals surface area contributed by atoms with Gasteiger partial charge in [0.25, 0.3) is 0 Å². The zero-order valence-electron chi connectivity index (χ0n) is 14.7. The van der Waals surface area contributed by atoms with Gasteiger partial charge in [-0.2, -0.15) is 0 Å². The Labute approximate surface area is 159 Å². The Bertz CT molecular complexity index is 333. The molecule has 0 saturated heterocycles. The molecule has 0 aromatic rings. The Morgan fingerprint density at radius 1 is 0.864 bits per heavy atom. The molecular weight excluding hydrogens is 311 g/mol. The monoisotopic (exact) mass is 344 g/mol. The third kappa shape index (κ3) is 14.5. The topological polar surface area (TPSA) is 77.4 Å².